The molecule has 1 aromatic heterocycles. The Morgan fingerprint density at radius 2 is 2.28 bits per heavy atom. The Hall–Kier alpha value is -1.39. The zero-order chi connectivity index (χ0) is 13.0. The van der Waals surface area contributed by atoms with E-state index in [0.29, 0.717) is 5.69 Å². The molecule has 0 amide bonds. The third-order valence-electron chi connectivity index (χ3n) is 2.56. The van der Waals surface area contributed by atoms with E-state index in [1.54, 1.807) is 16.9 Å². The number of aromatic nitrogens is 2. The maximum atomic E-state index is 13.3. The Morgan fingerprint density at radius 1 is 1.44 bits per heavy atom. The van der Waals surface area contributed by atoms with Crippen molar-refractivity contribution in [3.63, 3.8) is 0 Å². The van der Waals surface area contributed by atoms with Crippen molar-refractivity contribution in [3.8, 4) is 5.69 Å². The Morgan fingerprint density at radius 3 is 3.00 bits per heavy atom. The monoisotopic (exact) mass is 267 g/mol. The van der Waals surface area contributed by atoms with E-state index in [1.807, 2.05) is 6.20 Å². The van der Waals surface area contributed by atoms with Gasteiger partial charge >= 0.3 is 0 Å². The van der Waals surface area contributed by atoms with Crippen LogP contribution in [0.15, 0.2) is 30.6 Å². The topological polar surface area (TPSA) is 29.9 Å². The van der Waals surface area contributed by atoms with Gasteiger partial charge in [0.05, 0.1) is 16.9 Å². The summed E-state index contributed by atoms with van der Waals surface area (Å²) in [5.74, 6) is -0.435. The van der Waals surface area contributed by atoms with Crippen molar-refractivity contribution in [2.24, 2.45) is 0 Å². The summed E-state index contributed by atoms with van der Waals surface area (Å²) in [5, 5.41) is 7.61. The van der Waals surface area contributed by atoms with Crippen LogP contribution in [-0.4, -0.2) is 16.3 Å². The largest absolute Gasteiger partial charge is 0.313 e. The van der Waals surface area contributed by atoms with Gasteiger partial charge in [-0.25, -0.2) is 9.07 Å². The lowest BCUT2D eigenvalue weighted by molar-refractivity contribution is 0.626. The second-order valence-corrected chi connectivity index (χ2v) is 4.48. The molecule has 2 rings (SSSR count). The Kier molecular flexibility index (Phi) is 4.33. The predicted molar refractivity (Wildman–Crippen MR) is 70.5 cm³/mol. The number of rotatable bonds is 5. The molecule has 0 bridgehead atoms. The number of hydrogen-bond donors (Lipinski definition) is 1. The lowest BCUT2D eigenvalue weighted by atomic mass is 10.3. The Bertz CT molecular complexity index is 525. The number of nitrogens with zero attached hydrogens (tertiary/aromatic N) is 2. The zero-order valence-corrected chi connectivity index (χ0v) is 10.9. The fraction of sp³-hybridized carbons (Fsp3) is 0.308. The van der Waals surface area contributed by atoms with E-state index in [4.69, 9.17) is 11.6 Å². The minimum Gasteiger partial charge on any atom is -0.313 e. The first-order chi connectivity index (χ1) is 8.70. The van der Waals surface area contributed by atoms with E-state index in [0.717, 1.165) is 25.1 Å². The van der Waals surface area contributed by atoms with Gasteiger partial charge in [-0.15, -0.1) is 0 Å². The summed E-state index contributed by atoms with van der Waals surface area (Å²) in [7, 11) is 0. The van der Waals surface area contributed by atoms with Gasteiger partial charge in [0.1, 0.15) is 5.82 Å². The highest BCUT2D eigenvalue weighted by Crippen LogP contribution is 2.18. The van der Waals surface area contributed by atoms with Gasteiger partial charge in [-0.1, -0.05) is 18.5 Å². The number of nitrogens with one attached hydrogen (secondary N) is 1. The van der Waals surface area contributed by atoms with Crippen molar-refractivity contribution in [2.45, 2.75) is 19.9 Å². The van der Waals surface area contributed by atoms with Gasteiger partial charge in [0.2, 0.25) is 0 Å². The van der Waals surface area contributed by atoms with Crippen LogP contribution in [0, 0.1) is 5.82 Å². The van der Waals surface area contributed by atoms with E-state index >= 15 is 0 Å². The molecule has 5 heteroatoms. The van der Waals surface area contributed by atoms with Gasteiger partial charge in [-0.2, -0.15) is 5.10 Å². The first kappa shape index (κ1) is 13.1. The van der Waals surface area contributed by atoms with Crippen LogP contribution < -0.4 is 5.32 Å². The molecule has 2 aromatic rings. The highest BCUT2D eigenvalue weighted by Gasteiger charge is 2.04. The second kappa shape index (κ2) is 5.98. The van der Waals surface area contributed by atoms with Crippen LogP contribution in [0.1, 0.15) is 18.9 Å². The molecule has 0 aliphatic carbocycles. The highest BCUT2D eigenvalue weighted by molar-refractivity contribution is 6.30. The second-order valence-electron chi connectivity index (χ2n) is 4.07. The first-order valence-corrected chi connectivity index (χ1v) is 6.28. The molecule has 0 aliphatic heterocycles. The maximum absolute atomic E-state index is 13.3. The van der Waals surface area contributed by atoms with E-state index in [9.17, 15) is 4.39 Å². The molecular formula is C13H15ClFN3. The van der Waals surface area contributed by atoms with Gasteiger partial charge in [0.25, 0.3) is 0 Å². The summed E-state index contributed by atoms with van der Waals surface area (Å²) >= 11 is 5.64. The number of benzene rings is 1. The molecule has 0 radical (unpaired) electrons. The molecule has 0 fully saturated rings. The molecule has 3 nitrogen and oxygen atoms in total. The molecule has 0 spiro atoms. The minimum absolute atomic E-state index is 0.121. The molecule has 1 aromatic carbocycles. The summed E-state index contributed by atoms with van der Waals surface area (Å²) in [6.07, 6.45) is 4.75. The standard InChI is InChI=1S/C13H15ClFN3/c1-2-5-16-7-10-8-17-18(9-10)11-3-4-12(14)13(15)6-11/h3-4,6,8-9,16H,2,5,7H2,1H3. The van der Waals surface area contributed by atoms with Gasteiger partial charge in [0, 0.05) is 24.4 Å². The molecule has 1 heterocycles. The van der Waals surface area contributed by atoms with Crippen LogP contribution in [0.5, 0.6) is 0 Å². The van der Waals surface area contributed by atoms with Crippen LogP contribution in [0.4, 0.5) is 4.39 Å². The summed E-state index contributed by atoms with van der Waals surface area (Å²) in [6.45, 7) is 3.86. The fourth-order valence-electron chi connectivity index (χ4n) is 1.63. The van der Waals surface area contributed by atoms with Gasteiger partial charge in [-0.3, -0.25) is 0 Å². The molecule has 1 N–H and O–H groups in total. The first-order valence-electron chi connectivity index (χ1n) is 5.90. The summed E-state index contributed by atoms with van der Waals surface area (Å²) in [5.41, 5.74) is 1.73. The van der Waals surface area contributed by atoms with Crippen LogP contribution >= 0.6 is 11.6 Å². The summed E-state index contributed by atoms with van der Waals surface area (Å²) in [4.78, 5) is 0. The van der Waals surface area contributed by atoms with Crippen LogP contribution in [0.25, 0.3) is 5.69 Å². The van der Waals surface area contributed by atoms with Crippen molar-refractivity contribution in [3.05, 3.63) is 47.0 Å². The van der Waals surface area contributed by atoms with Crippen molar-refractivity contribution >= 4 is 11.6 Å². The van der Waals surface area contributed by atoms with Gasteiger partial charge in [0.15, 0.2) is 0 Å². The summed E-state index contributed by atoms with van der Waals surface area (Å²) < 4.78 is 15.0. The average molecular weight is 268 g/mol. The van der Waals surface area contributed by atoms with E-state index in [1.165, 1.54) is 12.1 Å². The third-order valence-corrected chi connectivity index (χ3v) is 2.87. The Balaban J connectivity index is 2.11. The molecule has 0 atom stereocenters. The quantitative estimate of drug-likeness (QED) is 0.844. The highest BCUT2D eigenvalue weighted by atomic mass is 35.5. The molecule has 96 valence electrons. The van der Waals surface area contributed by atoms with Crippen molar-refractivity contribution in [2.75, 3.05) is 6.54 Å². The molecule has 0 unspecified atom stereocenters. The zero-order valence-electron chi connectivity index (χ0n) is 10.2. The third kappa shape index (κ3) is 3.09. The Labute approximate surface area is 111 Å². The van der Waals surface area contributed by atoms with Gasteiger partial charge in [-0.05, 0) is 25.1 Å². The summed E-state index contributed by atoms with van der Waals surface area (Å²) in [6, 6.07) is 4.64. The number of hydrogen-bond acceptors (Lipinski definition) is 2. The maximum Gasteiger partial charge on any atom is 0.143 e. The van der Waals surface area contributed by atoms with Crippen molar-refractivity contribution < 1.29 is 4.39 Å². The van der Waals surface area contributed by atoms with Crippen LogP contribution in [-0.2, 0) is 6.54 Å². The van der Waals surface area contributed by atoms with Gasteiger partial charge < -0.3 is 5.32 Å². The van der Waals surface area contributed by atoms with Crippen molar-refractivity contribution in [1.29, 1.82) is 0 Å². The molecule has 18 heavy (non-hydrogen) atoms. The van der Waals surface area contributed by atoms with Crippen LogP contribution in [0.3, 0.4) is 0 Å². The lowest BCUT2D eigenvalue weighted by Gasteiger charge is -2.02. The smallest absolute Gasteiger partial charge is 0.143 e. The molecule has 0 saturated heterocycles. The molecule has 0 aliphatic rings. The lowest BCUT2D eigenvalue weighted by Crippen LogP contribution is -2.13. The number of halogens is 2. The molecular weight excluding hydrogens is 253 g/mol. The van der Waals surface area contributed by atoms with Crippen molar-refractivity contribution in [1.82, 2.24) is 15.1 Å². The molecule has 0 saturated carbocycles. The normalized spacial score (nSPS) is 10.8. The SMILES string of the molecule is CCCNCc1cnn(-c2ccc(Cl)c(F)c2)c1. The fourth-order valence-corrected chi connectivity index (χ4v) is 1.75. The minimum atomic E-state index is -0.435. The van der Waals surface area contributed by atoms with E-state index in [2.05, 4.69) is 17.3 Å². The predicted octanol–water partition coefficient (Wildman–Crippen LogP) is 3.16. The van der Waals surface area contributed by atoms with Crippen LogP contribution in [0.2, 0.25) is 5.02 Å². The van der Waals surface area contributed by atoms with E-state index in [-0.39, 0.29) is 5.02 Å². The average Bonchev–Trinajstić information content (AvgIpc) is 2.82. The van der Waals surface area contributed by atoms with E-state index < -0.39 is 5.82 Å².